The Hall–Kier alpha value is -6.21. The fourth-order valence-electron chi connectivity index (χ4n) is 10.3. The van der Waals surface area contributed by atoms with E-state index in [1.165, 1.54) is 20.1 Å². The summed E-state index contributed by atoms with van der Waals surface area (Å²) in [6.45, 7) is -0.337. The van der Waals surface area contributed by atoms with Crippen LogP contribution in [0.4, 0.5) is 0 Å². The van der Waals surface area contributed by atoms with Gasteiger partial charge in [-0.25, -0.2) is 12.1 Å². The molecule has 0 radical (unpaired) electrons. The summed E-state index contributed by atoms with van der Waals surface area (Å²) < 4.78 is 27.6. The quantitative estimate of drug-likeness (QED) is 0.112. The summed E-state index contributed by atoms with van der Waals surface area (Å²) in [6.07, 6.45) is 10.2. The number of fused-ring (bicyclic) bond motifs is 10. The summed E-state index contributed by atoms with van der Waals surface area (Å²) in [4.78, 5) is 4.85. The molecular formula is C56H28B2N4O3Pt2S2+2. The van der Waals surface area contributed by atoms with Crippen LogP contribution in [0.25, 0.3) is 55.9 Å². The van der Waals surface area contributed by atoms with Crippen molar-refractivity contribution in [3.63, 3.8) is 0 Å². The fraction of sp³-hybridized carbons (Fsp3) is 0.0357. The summed E-state index contributed by atoms with van der Waals surface area (Å²) in [5.41, 5.74) is 14.6. The zero-order valence-electron chi connectivity index (χ0n) is 36.3. The van der Waals surface area contributed by atoms with E-state index in [0.717, 1.165) is 99.8 Å². The molecule has 0 saturated carbocycles. The summed E-state index contributed by atoms with van der Waals surface area (Å²) in [6, 6.07) is 64.8. The van der Waals surface area contributed by atoms with Crippen molar-refractivity contribution in [2.24, 2.45) is 14.1 Å². The van der Waals surface area contributed by atoms with Crippen LogP contribution in [0.3, 0.4) is 0 Å². The molecule has 0 fully saturated rings. The molecule has 0 unspecified atom stereocenters. The summed E-state index contributed by atoms with van der Waals surface area (Å²) in [7, 11) is 4.04. The number of para-hydroxylation sites is 4. The second-order valence-corrected chi connectivity index (χ2v) is 19.3. The van der Waals surface area contributed by atoms with Crippen molar-refractivity contribution in [3.8, 4) is 56.8 Å². The first-order chi connectivity index (χ1) is 33.0. The topological polar surface area (TPSA) is 49.2 Å². The predicted molar refractivity (Wildman–Crippen MR) is 260 cm³/mol. The number of hydrogen-bond acceptors (Lipinski definition) is 5. The number of aryl methyl sites for hydroxylation is 2. The third-order valence-corrected chi connectivity index (χ3v) is 15.6. The molecule has 326 valence electrons. The average Bonchev–Trinajstić information content (AvgIpc) is 4.09. The molecule has 0 saturated heterocycles. The molecule has 3 aromatic heterocycles. The second kappa shape index (κ2) is 16.2. The van der Waals surface area contributed by atoms with Gasteiger partial charge in [-0.05, 0) is 39.5 Å². The summed E-state index contributed by atoms with van der Waals surface area (Å²) >= 11 is 3.60. The Morgan fingerprint density at radius 3 is 1.67 bits per heavy atom. The van der Waals surface area contributed by atoms with Gasteiger partial charge in [0.1, 0.15) is 11.5 Å². The number of nitrogens with zero attached hydrogens (tertiary/aromatic N) is 4. The first-order valence-corrected chi connectivity index (χ1v) is 23.6. The van der Waals surface area contributed by atoms with Gasteiger partial charge in [0.05, 0.1) is 36.2 Å². The minimum Gasteiger partial charge on any atom is -0.631 e. The van der Waals surface area contributed by atoms with Gasteiger partial charge in [0.25, 0.3) is 0 Å². The van der Waals surface area contributed by atoms with E-state index >= 15 is 0 Å². The third-order valence-electron chi connectivity index (χ3n) is 13.3. The van der Waals surface area contributed by atoms with Crippen LogP contribution in [0, 0.1) is 49.2 Å². The molecule has 7 heterocycles. The van der Waals surface area contributed by atoms with Crippen molar-refractivity contribution in [1.29, 1.82) is 0 Å². The molecule has 4 aliphatic rings. The van der Waals surface area contributed by atoms with Crippen molar-refractivity contribution in [2.75, 3.05) is 0 Å². The Bertz CT molecular complexity index is 3700. The first-order valence-electron chi connectivity index (χ1n) is 21.9. The van der Waals surface area contributed by atoms with E-state index in [1.807, 2.05) is 94.2 Å². The number of aromatic nitrogens is 4. The summed E-state index contributed by atoms with van der Waals surface area (Å²) in [5.74, 6) is 3.52. The molecule has 11 aromatic rings. The zero-order valence-corrected chi connectivity index (χ0v) is 42.5. The molecule has 0 N–H and O–H groups in total. The van der Waals surface area contributed by atoms with E-state index in [2.05, 4.69) is 133 Å². The van der Waals surface area contributed by atoms with Crippen LogP contribution >= 0.6 is 23.5 Å². The van der Waals surface area contributed by atoms with Crippen molar-refractivity contribution in [2.45, 2.75) is 19.6 Å². The number of rotatable bonds is 4. The molecule has 0 amide bonds. The predicted octanol–water partition coefficient (Wildman–Crippen LogP) is 6.72. The summed E-state index contributed by atoms with van der Waals surface area (Å²) in [5, 5.41) is 0. The van der Waals surface area contributed by atoms with Crippen LogP contribution in [0.1, 0.15) is 0 Å². The molecule has 0 atom stereocenters. The molecule has 13 heteroatoms. The molecular weight excluding hydrogens is 1250 g/mol. The molecule has 0 bridgehead atoms. The van der Waals surface area contributed by atoms with Crippen LogP contribution in [0.2, 0.25) is 0 Å². The zero-order chi connectivity index (χ0) is 44.1. The normalized spacial score (nSPS) is 13.2. The molecule has 0 spiro atoms. The van der Waals surface area contributed by atoms with Crippen LogP contribution < -0.4 is 51.4 Å². The van der Waals surface area contributed by atoms with Crippen molar-refractivity contribution in [1.82, 2.24) is 9.13 Å². The van der Waals surface area contributed by atoms with Crippen LogP contribution in [-0.2, 0) is 56.2 Å². The van der Waals surface area contributed by atoms with Crippen LogP contribution in [0.15, 0.2) is 157 Å². The minimum atomic E-state index is -0.259. The van der Waals surface area contributed by atoms with Gasteiger partial charge in [0.2, 0.25) is 26.1 Å². The number of hydrogen-bond donors (Lipinski definition) is 0. The number of furan rings is 1. The monoisotopic (exact) mass is 1280 g/mol. The van der Waals surface area contributed by atoms with Crippen molar-refractivity contribution < 1.29 is 65.2 Å². The van der Waals surface area contributed by atoms with Gasteiger partial charge < -0.3 is 49.4 Å². The third kappa shape index (κ3) is 6.47. The van der Waals surface area contributed by atoms with E-state index in [4.69, 9.17) is 13.9 Å². The standard InChI is InChI=1S/C56H28B2N4O3S2.2Pt/c1-59-31-61(44-11-5-3-9-42(44)59)36-19-22-47-39(28-36)57-38-25-33(17-21-46(38)64-48-13-7-14-49(65-47)55(48)57)35-27-50(63-30-35)34-18-23-51-40(26-34)58-41-29-37(62-32-60(2)43-10-4-6-12-45(43)62)20-24-52(41)67-54-16-8-15-53(66-51)56(54)58;;/h3-24H,1-2H3;;/q-6;2*+4. The van der Waals surface area contributed by atoms with E-state index < -0.39 is 0 Å². The van der Waals surface area contributed by atoms with Crippen molar-refractivity contribution >= 4 is 91.8 Å². The molecule has 7 nitrogen and oxygen atoms in total. The number of ether oxygens (including phenoxy) is 2. The van der Waals surface area contributed by atoms with Gasteiger partial charge in [-0.2, -0.15) is 47.6 Å². The van der Waals surface area contributed by atoms with Gasteiger partial charge in [0, 0.05) is 17.0 Å². The second-order valence-electron chi connectivity index (χ2n) is 17.2. The number of benzene rings is 8. The van der Waals surface area contributed by atoms with Crippen LogP contribution in [-0.4, -0.2) is 22.6 Å². The Morgan fingerprint density at radius 2 is 0.986 bits per heavy atom. The maximum atomic E-state index is 6.57. The minimum absolute atomic E-state index is 0. The van der Waals surface area contributed by atoms with E-state index in [-0.39, 0.29) is 55.6 Å². The molecule has 15 rings (SSSR count). The Labute approximate surface area is 435 Å². The van der Waals surface area contributed by atoms with Gasteiger partial charge in [0.15, 0.2) is 0 Å². The molecule has 0 aliphatic carbocycles. The average molecular weight is 1280 g/mol. The van der Waals surface area contributed by atoms with Gasteiger partial charge in [-0.3, -0.25) is 0 Å². The number of imidazole rings is 2. The van der Waals surface area contributed by atoms with Crippen LogP contribution in [0.5, 0.6) is 23.0 Å². The smallest absolute Gasteiger partial charge is 0.631 e. The molecule has 8 aromatic carbocycles. The first kappa shape index (κ1) is 42.9. The molecule has 69 heavy (non-hydrogen) atoms. The SMILES string of the molecule is C[n+]1[c-]n(-c2[c-]c3c(cc2)Oc2cccc4c2B3c2[c-]c(-c3[c-]oc(-c5[c-]c6c(cc5)Sc5cccc7c5B6c5[c-]c(-n6[c-][n+](C)c8ccccc86)ccc5S7)[c-]3)ccc2O4)c2ccccc21.[Pt+4].[Pt+4]. The van der Waals surface area contributed by atoms with Gasteiger partial charge in [-0.15, -0.1) is 75.2 Å². The Kier molecular flexibility index (Phi) is 10.0. The maximum Gasteiger partial charge on any atom is 4.00 e. The van der Waals surface area contributed by atoms with Gasteiger partial charge in [-0.1, -0.05) is 82.7 Å². The molecule has 4 aliphatic heterocycles. The maximum absolute atomic E-state index is 6.57. The van der Waals surface area contributed by atoms with E-state index in [0.29, 0.717) is 11.3 Å². The van der Waals surface area contributed by atoms with Gasteiger partial charge >= 0.3 is 42.1 Å². The van der Waals surface area contributed by atoms with E-state index in [9.17, 15) is 0 Å². The van der Waals surface area contributed by atoms with Crippen molar-refractivity contribution in [3.05, 3.63) is 183 Å². The van der Waals surface area contributed by atoms with E-state index in [1.54, 1.807) is 11.8 Å². The largest absolute Gasteiger partial charge is 4.00 e. The fourth-order valence-corrected chi connectivity index (χ4v) is 12.6. The Morgan fingerprint density at radius 1 is 0.464 bits per heavy atom. The Balaban J connectivity index is 0.00000234.